The lowest BCUT2D eigenvalue weighted by atomic mass is 9.89. The Bertz CT molecular complexity index is 755. The first kappa shape index (κ1) is 19.1. The zero-order valence-corrected chi connectivity index (χ0v) is 16.6. The number of hydrogen-bond donors (Lipinski definition) is 0. The predicted molar refractivity (Wildman–Crippen MR) is 107 cm³/mol. The quantitative estimate of drug-likeness (QED) is 0.766. The second-order valence-electron chi connectivity index (χ2n) is 8.03. The van der Waals surface area contributed by atoms with Crippen LogP contribution in [0.2, 0.25) is 0 Å². The van der Waals surface area contributed by atoms with Crippen LogP contribution in [-0.4, -0.2) is 52.0 Å². The highest BCUT2D eigenvalue weighted by molar-refractivity contribution is 5.76. The van der Waals surface area contributed by atoms with Crippen LogP contribution < -0.4 is 0 Å². The van der Waals surface area contributed by atoms with Crippen molar-refractivity contribution in [3.8, 4) is 0 Å². The van der Waals surface area contributed by atoms with Gasteiger partial charge in [0.05, 0.1) is 0 Å². The van der Waals surface area contributed by atoms with E-state index in [0.717, 1.165) is 50.7 Å². The fourth-order valence-corrected chi connectivity index (χ4v) is 4.27. The Labute approximate surface area is 166 Å². The van der Waals surface area contributed by atoms with Crippen LogP contribution in [0.1, 0.15) is 61.7 Å². The van der Waals surface area contributed by atoms with Gasteiger partial charge in [-0.3, -0.25) is 9.69 Å². The Hall–Kier alpha value is -2.21. The van der Waals surface area contributed by atoms with Crippen LogP contribution in [0.15, 0.2) is 34.9 Å². The monoisotopic (exact) mass is 382 g/mol. The molecular weight excluding hydrogens is 352 g/mol. The van der Waals surface area contributed by atoms with Crippen molar-refractivity contribution in [2.45, 2.75) is 57.4 Å². The molecule has 1 aromatic heterocycles. The second kappa shape index (κ2) is 9.32. The third-order valence-corrected chi connectivity index (χ3v) is 5.97. The molecule has 0 atom stereocenters. The first-order chi connectivity index (χ1) is 13.8. The van der Waals surface area contributed by atoms with Crippen molar-refractivity contribution in [3.63, 3.8) is 0 Å². The van der Waals surface area contributed by atoms with Crippen molar-refractivity contribution < 1.29 is 9.32 Å². The summed E-state index contributed by atoms with van der Waals surface area (Å²) in [5.74, 6) is 2.19. The van der Waals surface area contributed by atoms with Crippen LogP contribution >= 0.6 is 0 Å². The van der Waals surface area contributed by atoms with Crippen LogP contribution in [0.3, 0.4) is 0 Å². The highest BCUT2D eigenvalue weighted by Gasteiger charge is 2.23. The van der Waals surface area contributed by atoms with E-state index >= 15 is 0 Å². The molecule has 6 heteroatoms. The van der Waals surface area contributed by atoms with Gasteiger partial charge in [-0.2, -0.15) is 4.98 Å². The van der Waals surface area contributed by atoms with Crippen LogP contribution in [0.5, 0.6) is 0 Å². The van der Waals surface area contributed by atoms with Crippen LogP contribution in [0, 0.1) is 0 Å². The molecule has 150 valence electrons. The summed E-state index contributed by atoms with van der Waals surface area (Å²) in [5.41, 5.74) is 1.30. The lowest BCUT2D eigenvalue weighted by Gasteiger charge is -2.21. The molecule has 0 bridgehead atoms. The van der Waals surface area contributed by atoms with Gasteiger partial charge in [-0.25, -0.2) is 0 Å². The molecule has 6 nitrogen and oxygen atoms in total. The molecular formula is C22H30N4O2. The number of hydrogen-bond acceptors (Lipinski definition) is 5. The summed E-state index contributed by atoms with van der Waals surface area (Å²) in [6.45, 7) is 4.05. The van der Waals surface area contributed by atoms with E-state index in [2.05, 4.69) is 39.3 Å². The average Bonchev–Trinajstić information content (AvgIpc) is 3.15. The standard InChI is InChI=1S/C22H30N4O2/c27-21-12-13-25(17-18-7-3-1-4-8-18)15-16-26(21)14-11-20-23-22(28-24-20)19-9-5-2-6-10-19/h1,3-4,7-8,19H,2,5-6,9-17H2. The molecule has 1 aliphatic carbocycles. The number of rotatable bonds is 6. The maximum absolute atomic E-state index is 12.5. The first-order valence-electron chi connectivity index (χ1n) is 10.6. The summed E-state index contributed by atoms with van der Waals surface area (Å²) in [5, 5.41) is 4.16. The summed E-state index contributed by atoms with van der Waals surface area (Å²) in [6.07, 6.45) is 7.38. The Morgan fingerprint density at radius 3 is 2.68 bits per heavy atom. The first-order valence-corrected chi connectivity index (χ1v) is 10.6. The summed E-state index contributed by atoms with van der Waals surface area (Å²) < 4.78 is 5.51. The van der Waals surface area contributed by atoms with E-state index in [-0.39, 0.29) is 5.91 Å². The average molecular weight is 383 g/mol. The zero-order valence-electron chi connectivity index (χ0n) is 16.6. The third kappa shape index (κ3) is 4.98. The highest BCUT2D eigenvalue weighted by atomic mass is 16.5. The van der Waals surface area contributed by atoms with Gasteiger partial charge < -0.3 is 9.42 Å². The third-order valence-electron chi connectivity index (χ3n) is 5.97. The molecule has 2 fully saturated rings. The largest absolute Gasteiger partial charge is 0.341 e. The van der Waals surface area contributed by atoms with Crippen molar-refractivity contribution in [1.82, 2.24) is 19.9 Å². The molecule has 2 aliphatic rings. The number of carbonyl (C=O) groups excluding carboxylic acids is 1. The maximum Gasteiger partial charge on any atom is 0.229 e. The molecule has 1 saturated heterocycles. The van der Waals surface area contributed by atoms with Crippen molar-refractivity contribution in [2.75, 3.05) is 26.2 Å². The lowest BCUT2D eigenvalue weighted by Crippen LogP contribution is -2.34. The van der Waals surface area contributed by atoms with Crippen molar-refractivity contribution in [2.24, 2.45) is 0 Å². The van der Waals surface area contributed by atoms with E-state index in [0.29, 0.717) is 25.3 Å². The van der Waals surface area contributed by atoms with Crippen molar-refractivity contribution in [3.05, 3.63) is 47.6 Å². The molecule has 28 heavy (non-hydrogen) atoms. The van der Waals surface area contributed by atoms with Gasteiger partial charge in [-0.15, -0.1) is 0 Å². The molecule has 0 unspecified atom stereocenters. The second-order valence-corrected chi connectivity index (χ2v) is 8.03. The van der Waals surface area contributed by atoms with Crippen molar-refractivity contribution in [1.29, 1.82) is 0 Å². The van der Waals surface area contributed by atoms with Crippen LogP contribution in [-0.2, 0) is 17.8 Å². The summed E-state index contributed by atoms with van der Waals surface area (Å²) >= 11 is 0. The number of aromatic nitrogens is 2. The van der Waals surface area contributed by atoms with Gasteiger partial charge in [0.15, 0.2) is 5.82 Å². The van der Waals surface area contributed by atoms with E-state index in [1.807, 2.05) is 11.0 Å². The van der Waals surface area contributed by atoms with Gasteiger partial charge in [0.1, 0.15) is 0 Å². The minimum atomic E-state index is 0.228. The van der Waals surface area contributed by atoms with Crippen molar-refractivity contribution >= 4 is 5.91 Å². The van der Waals surface area contributed by atoms with Gasteiger partial charge in [0.2, 0.25) is 11.8 Å². The Balaban J connectivity index is 1.27. The Kier molecular flexibility index (Phi) is 6.37. The number of benzene rings is 1. The Morgan fingerprint density at radius 2 is 1.86 bits per heavy atom. The summed E-state index contributed by atoms with van der Waals surface area (Å²) in [4.78, 5) is 21.5. The smallest absolute Gasteiger partial charge is 0.229 e. The van der Waals surface area contributed by atoms with Crippen LogP contribution in [0.4, 0.5) is 0 Å². The molecule has 0 N–H and O–H groups in total. The van der Waals surface area contributed by atoms with E-state index in [1.165, 1.54) is 24.8 Å². The van der Waals surface area contributed by atoms with E-state index in [1.54, 1.807) is 0 Å². The molecule has 1 aliphatic heterocycles. The molecule has 2 heterocycles. The Morgan fingerprint density at radius 1 is 1.04 bits per heavy atom. The molecule has 2 aromatic rings. The summed E-state index contributed by atoms with van der Waals surface area (Å²) in [6, 6.07) is 10.5. The lowest BCUT2D eigenvalue weighted by molar-refractivity contribution is -0.130. The molecule has 1 aromatic carbocycles. The van der Waals surface area contributed by atoms with Gasteiger partial charge in [0.25, 0.3) is 0 Å². The molecule has 1 amide bonds. The molecule has 4 rings (SSSR count). The minimum Gasteiger partial charge on any atom is -0.341 e. The minimum absolute atomic E-state index is 0.228. The SMILES string of the molecule is O=C1CCN(Cc2ccccc2)CCN1CCc1noc(C2CCCCC2)n1. The predicted octanol–water partition coefficient (Wildman–Crippen LogP) is 3.39. The van der Waals surface area contributed by atoms with E-state index < -0.39 is 0 Å². The van der Waals surface area contributed by atoms with E-state index in [4.69, 9.17) is 4.52 Å². The zero-order chi connectivity index (χ0) is 19.2. The fourth-order valence-electron chi connectivity index (χ4n) is 4.27. The number of amides is 1. The summed E-state index contributed by atoms with van der Waals surface area (Å²) in [7, 11) is 0. The topological polar surface area (TPSA) is 62.5 Å². The number of nitrogens with zero attached hydrogens (tertiary/aromatic N) is 4. The fraction of sp³-hybridized carbons (Fsp3) is 0.591. The maximum atomic E-state index is 12.5. The number of carbonyl (C=O) groups is 1. The van der Waals surface area contributed by atoms with Gasteiger partial charge in [0, 0.05) is 51.5 Å². The van der Waals surface area contributed by atoms with Gasteiger partial charge in [-0.05, 0) is 18.4 Å². The highest BCUT2D eigenvalue weighted by Crippen LogP contribution is 2.31. The molecule has 0 radical (unpaired) electrons. The van der Waals surface area contributed by atoms with Crippen LogP contribution in [0.25, 0.3) is 0 Å². The normalized spacial score (nSPS) is 19.7. The molecule has 1 saturated carbocycles. The molecule has 0 spiro atoms. The van der Waals surface area contributed by atoms with Gasteiger partial charge >= 0.3 is 0 Å². The van der Waals surface area contributed by atoms with Gasteiger partial charge in [-0.1, -0.05) is 54.8 Å². The van der Waals surface area contributed by atoms with E-state index in [9.17, 15) is 4.79 Å².